The van der Waals surface area contributed by atoms with Crippen LogP contribution in [0, 0.1) is 0 Å². The highest BCUT2D eigenvalue weighted by Crippen LogP contribution is 2.34. The summed E-state index contributed by atoms with van der Waals surface area (Å²) in [5, 5.41) is 0.617. The van der Waals surface area contributed by atoms with Crippen LogP contribution in [0.5, 0.6) is 0 Å². The van der Waals surface area contributed by atoms with Crippen LogP contribution in [0.2, 0.25) is 0 Å². The molecule has 0 spiro atoms. The van der Waals surface area contributed by atoms with Crippen molar-refractivity contribution in [2.45, 2.75) is 6.43 Å². The molecular weight excluding hydrogens is 262 g/mol. The minimum atomic E-state index is -2.64. The standard InChI is InChI=1S/C16H10F2O2/c17-16(18)15-8-13-12(5-2-6-14(13)20-15)11-4-1-3-10(7-11)9-19/h1-9,16H. The SMILES string of the molecule is O=Cc1cccc(-c2cccc3oc(C(F)F)cc23)c1. The molecule has 20 heavy (non-hydrogen) atoms. The molecule has 0 saturated carbocycles. The Morgan fingerprint density at radius 1 is 1.05 bits per heavy atom. The van der Waals surface area contributed by atoms with E-state index in [0.717, 1.165) is 17.4 Å². The number of hydrogen-bond donors (Lipinski definition) is 0. The number of halogens is 2. The van der Waals surface area contributed by atoms with Gasteiger partial charge in [0.15, 0.2) is 5.76 Å². The third-order valence-electron chi connectivity index (χ3n) is 3.13. The first kappa shape index (κ1) is 12.5. The quantitative estimate of drug-likeness (QED) is 0.638. The minimum Gasteiger partial charge on any atom is -0.455 e. The number of aldehydes is 1. The van der Waals surface area contributed by atoms with Gasteiger partial charge in [0, 0.05) is 10.9 Å². The summed E-state index contributed by atoms with van der Waals surface area (Å²) < 4.78 is 30.6. The van der Waals surface area contributed by atoms with Crippen LogP contribution in [0.4, 0.5) is 8.78 Å². The van der Waals surface area contributed by atoms with Crippen LogP contribution in [-0.4, -0.2) is 6.29 Å². The van der Waals surface area contributed by atoms with Gasteiger partial charge in [0.1, 0.15) is 11.9 Å². The number of carbonyl (C=O) groups excluding carboxylic acids is 1. The van der Waals surface area contributed by atoms with Crippen molar-refractivity contribution in [2.75, 3.05) is 0 Å². The van der Waals surface area contributed by atoms with Gasteiger partial charge >= 0.3 is 0 Å². The van der Waals surface area contributed by atoms with Crippen molar-refractivity contribution in [3.63, 3.8) is 0 Å². The van der Waals surface area contributed by atoms with Gasteiger partial charge in [-0.3, -0.25) is 4.79 Å². The Labute approximate surface area is 113 Å². The molecule has 0 aliphatic heterocycles. The lowest BCUT2D eigenvalue weighted by Crippen LogP contribution is -1.83. The van der Waals surface area contributed by atoms with E-state index in [9.17, 15) is 13.6 Å². The molecule has 4 heteroatoms. The average molecular weight is 272 g/mol. The van der Waals surface area contributed by atoms with Crippen LogP contribution in [0.15, 0.2) is 52.9 Å². The van der Waals surface area contributed by atoms with Gasteiger partial charge in [-0.1, -0.05) is 30.3 Å². The zero-order valence-corrected chi connectivity index (χ0v) is 10.3. The van der Waals surface area contributed by atoms with Gasteiger partial charge in [-0.2, -0.15) is 0 Å². The predicted octanol–water partition coefficient (Wildman–Crippen LogP) is 4.85. The second kappa shape index (κ2) is 4.89. The molecule has 0 atom stereocenters. The maximum atomic E-state index is 12.7. The van der Waals surface area contributed by atoms with E-state index in [0.29, 0.717) is 16.5 Å². The number of alkyl halides is 2. The van der Waals surface area contributed by atoms with Gasteiger partial charge in [0.2, 0.25) is 0 Å². The monoisotopic (exact) mass is 272 g/mol. The van der Waals surface area contributed by atoms with Crippen molar-refractivity contribution < 1.29 is 18.0 Å². The molecule has 0 radical (unpaired) electrons. The molecule has 0 amide bonds. The van der Waals surface area contributed by atoms with Gasteiger partial charge in [-0.05, 0) is 29.3 Å². The molecule has 0 bridgehead atoms. The lowest BCUT2D eigenvalue weighted by Gasteiger charge is -2.03. The van der Waals surface area contributed by atoms with Gasteiger partial charge in [0.05, 0.1) is 0 Å². The molecule has 1 heterocycles. The van der Waals surface area contributed by atoms with Crippen LogP contribution < -0.4 is 0 Å². The number of rotatable bonds is 3. The van der Waals surface area contributed by atoms with Crippen molar-refractivity contribution in [3.8, 4) is 11.1 Å². The van der Waals surface area contributed by atoms with Gasteiger partial charge in [0.25, 0.3) is 6.43 Å². The smallest absolute Gasteiger partial charge is 0.295 e. The average Bonchev–Trinajstić information content (AvgIpc) is 2.91. The van der Waals surface area contributed by atoms with E-state index < -0.39 is 6.43 Å². The summed E-state index contributed by atoms with van der Waals surface area (Å²) in [5.74, 6) is -0.348. The highest BCUT2D eigenvalue weighted by atomic mass is 19.3. The van der Waals surface area contributed by atoms with Gasteiger partial charge in [-0.15, -0.1) is 0 Å². The van der Waals surface area contributed by atoms with E-state index in [1.807, 2.05) is 12.1 Å². The number of fused-ring (bicyclic) bond motifs is 1. The Morgan fingerprint density at radius 3 is 2.60 bits per heavy atom. The molecule has 2 aromatic carbocycles. The Morgan fingerprint density at radius 2 is 1.85 bits per heavy atom. The van der Waals surface area contributed by atoms with Crippen LogP contribution >= 0.6 is 0 Å². The highest BCUT2D eigenvalue weighted by molar-refractivity contribution is 5.95. The highest BCUT2D eigenvalue weighted by Gasteiger charge is 2.15. The lowest BCUT2D eigenvalue weighted by atomic mass is 10.00. The molecule has 0 aliphatic rings. The number of furan rings is 1. The van der Waals surface area contributed by atoms with Crippen LogP contribution in [-0.2, 0) is 0 Å². The first-order chi connectivity index (χ1) is 9.69. The Balaban J connectivity index is 2.22. The third-order valence-corrected chi connectivity index (χ3v) is 3.13. The normalized spacial score (nSPS) is 11.2. The van der Waals surface area contributed by atoms with Crippen LogP contribution in [0.1, 0.15) is 22.5 Å². The third kappa shape index (κ3) is 2.09. The number of carbonyl (C=O) groups is 1. The molecule has 0 unspecified atom stereocenters. The van der Waals surface area contributed by atoms with Gasteiger partial charge in [-0.25, -0.2) is 8.78 Å². The predicted molar refractivity (Wildman–Crippen MR) is 72.0 cm³/mol. The van der Waals surface area contributed by atoms with Gasteiger partial charge < -0.3 is 4.42 Å². The van der Waals surface area contributed by atoms with Crippen LogP contribution in [0.25, 0.3) is 22.1 Å². The van der Waals surface area contributed by atoms with Crippen molar-refractivity contribution in [1.29, 1.82) is 0 Å². The first-order valence-corrected chi connectivity index (χ1v) is 6.05. The fourth-order valence-corrected chi connectivity index (χ4v) is 2.22. The Bertz CT molecular complexity index is 775. The number of hydrogen-bond acceptors (Lipinski definition) is 2. The van der Waals surface area contributed by atoms with E-state index in [1.54, 1.807) is 30.3 Å². The molecule has 1 aromatic heterocycles. The summed E-state index contributed by atoms with van der Waals surface area (Å²) >= 11 is 0. The number of benzene rings is 2. The van der Waals surface area contributed by atoms with Crippen molar-refractivity contribution in [2.24, 2.45) is 0 Å². The summed E-state index contributed by atoms with van der Waals surface area (Å²) in [5.41, 5.74) is 2.51. The van der Waals surface area contributed by atoms with E-state index in [1.165, 1.54) is 6.07 Å². The summed E-state index contributed by atoms with van der Waals surface area (Å²) in [6.45, 7) is 0. The molecule has 0 aliphatic carbocycles. The van der Waals surface area contributed by atoms with E-state index in [4.69, 9.17) is 4.42 Å². The Kier molecular flexibility index (Phi) is 3.06. The maximum absolute atomic E-state index is 12.7. The molecule has 100 valence electrons. The Hall–Kier alpha value is -2.49. The molecule has 3 rings (SSSR count). The summed E-state index contributed by atoms with van der Waals surface area (Å²) in [7, 11) is 0. The lowest BCUT2D eigenvalue weighted by molar-refractivity contribution is 0.112. The fraction of sp³-hybridized carbons (Fsp3) is 0.0625. The largest absolute Gasteiger partial charge is 0.455 e. The zero-order chi connectivity index (χ0) is 14.1. The molecule has 2 nitrogen and oxygen atoms in total. The van der Waals surface area contributed by atoms with E-state index >= 15 is 0 Å². The summed E-state index contributed by atoms with van der Waals surface area (Å²) in [4.78, 5) is 10.8. The molecule has 0 fully saturated rings. The topological polar surface area (TPSA) is 30.2 Å². The maximum Gasteiger partial charge on any atom is 0.295 e. The van der Waals surface area contributed by atoms with Crippen molar-refractivity contribution >= 4 is 17.3 Å². The van der Waals surface area contributed by atoms with Crippen molar-refractivity contribution in [1.82, 2.24) is 0 Å². The first-order valence-electron chi connectivity index (χ1n) is 6.05. The molecule has 0 saturated heterocycles. The second-order valence-corrected chi connectivity index (χ2v) is 4.41. The van der Waals surface area contributed by atoms with Crippen LogP contribution in [0.3, 0.4) is 0 Å². The van der Waals surface area contributed by atoms with Crippen molar-refractivity contribution in [3.05, 3.63) is 59.9 Å². The van der Waals surface area contributed by atoms with E-state index in [-0.39, 0.29) is 5.76 Å². The van der Waals surface area contributed by atoms with E-state index in [2.05, 4.69) is 0 Å². The fourth-order valence-electron chi connectivity index (χ4n) is 2.22. The second-order valence-electron chi connectivity index (χ2n) is 4.41. The molecule has 0 N–H and O–H groups in total. The summed E-state index contributed by atoms with van der Waals surface area (Å²) in [6, 6.07) is 13.6. The zero-order valence-electron chi connectivity index (χ0n) is 10.3. The minimum absolute atomic E-state index is 0.348. The molecular formula is C16H10F2O2. The summed E-state index contributed by atoms with van der Waals surface area (Å²) in [6.07, 6.45) is -1.89. The molecule has 3 aromatic rings.